The quantitative estimate of drug-likeness (QED) is 0.879. The molecule has 2 rings (SSSR count). The minimum atomic E-state index is -0.188. The molecule has 100 valence electrons. The van der Waals surface area contributed by atoms with E-state index >= 15 is 0 Å². The molecular formula is C15H21BrFN. The lowest BCUT2D eigenvalue weighted by Crippen LogP contribution is -2.37. The predicted octanol–water partition coefficient (Wildman–Crippen LogP) is 4.25. The largest absolute Gasteiger partial charge is 0.312 e. The van der Waals surface area contributed by atoms with Crippen molar-refractivity contribution in [3.8, 4) is 0 Å². The zero-order valence-electron chi connectivity index (χ0n) is 11.5. The molecule has 1 saturated carbocycles. The van der Waals surface area contributed by atoms with Crippen molar-refractivity contribution in [2.75, 3.05) is 6.54 Å². The van der Waals surface area contributed by atoms with Crippen LogP contribution in [0.25, 0.3) is 0 Å². The molecule has 0 saturated heterocycles. The number of halogens is 2. The standard InChI is InChI=1S/C15H21BrFN/c1-14(2,3)18-9-11-8-15(11,4)10-5-6-13(17)12(16)7-10/h5-7,11,18H,8-9H2,1-4H3. The van der Waals surface area contributed by atoms with Gasteiger partial charge >= 0.3 is 0 Å². The van der Waals surface area contributed by atoms with Crippen LogP contribution in [-0.2, 0) is 5.41 Å². The van der Waals surface area contributed by atoms with Gasteiger partial charge in [0.1, 0.15) is 5.82 Å². The Hall–Kier alpha value is -0.410. The van der Waals surface area contributed by atoms with E-state index in [0.717, 1.165) is 6.54 Å². The van der Waals surface area contributed by atoms with E-state index in [1.807, 2.05) is 12.1 Å². The Morgan fingerprint density at radius 3 is 2.67 bits per heavy atom. The van der Waals surface area contributed by atoms with Gasteiger partial charge < -0.3 is 5.32 Å². The van der Waals surface area contributed by atoms with Crippen molar-refractivity contribution < 1.29 is 4.39 Å². The Morgan fingerprint density at radius 1 is 1.44 bits per heavy atom. The van der Waals surface area contributed by atoms with Crippen LogP contribution in [0.15, 0.2) is 22.7 Å². The van der Waals surface area contributed by atoms with Gasteiger partial charge in [0.25, 0.3) is 0 Å². The van der Waals surface area contributed by atoms with Crippen LogP contribution in [0.2, 0.25) is 0 Å². The number of rotatable bonds is 3. The minimum absolute atomic E-state index is 0.160. The van der Waals surface area contributed by atoms with Gasteiger partial charge in [-0.2, -0.15) is 0 Å². The van der Waals surface area contributed by atoms with Crippen LogP contribution in [-0.4, -0.2) is 12.1 Å². The van der Waals surface area contributed by atoms with Crippen molar-refractivity contribution >= 4 is 15.9 Å². The summed E-state index contributed by atoms with van der Waals surface area (Å²) in [6, 6.07) is 5.39. The molecule has 1 aliphatic rings. The van der Waals surface area contributed by atoms with Crippen LogP contribution in [0.1, 0.15) is 39.7 Å². The lowest BCUT2D eigenvalue weighted by Gasteiger charge is -2.21. The van der Waals surface area contributed by atoms with E-state index < -0.39 is 0 Å². The minimum Gasteiger partial charge on any atom is -0.312 e. The van der Waals surface area contributed by atoms with Gasteiger partial charge in [0.2, 0.25) is 0 Å². The third-order valence-corrected chi connectivity index (χ3v) is 4.48. The molecule has 18 heavy (non-hydrogen) atoms. The fraction of sp³-hybridized carbons (Fsp3) is 0.600. The molecule has 1 fully saturated rings. The summed E-state index contributed by atoms with van der Waals surface area (Å²) in [4.78, 5) is 0. The van der Waals surface area contributed by atoms with Crippen LogP contribution < -0.4 is 5.32 Å². The average molecular weight is 314 g/mol. The first-order valence-electron chi connectivity index (χ1n) is 6.43. The third kappa shape index (κ3) is 2.94. The van der Waals surface area contributed by atoms with Gasteiger partial charge in [0, 0.05) is 5.54 Å². The normalized spacial score (nSPS) is 27.3. The van der Waals surface area contributed by atoms with Crippen LogP contribution >= 0.6 is 15.9 Å². The van der Waals surface area contributed by atoms with Crippen LogP contribution in [0.3, 0.4) is 0 Å². The first-order valence-corrected chi connectivity index (χ1v) is 7.22. The van der Waals surface area contributed by atoms with Crippen LogP contribution in [0, 0.1) is 11.7 Å². The Bertz CT molecular complexity index is 452. The van der Waals surface area contributed by atoms with E-state index in [1.54, 1.807) is 6.07 Å². The van der Waals surface area contributed by atoms with Gasteiger partial charge in [-0.1, -0.05) is 13.0 Å². The smallest absolute Gasteiger partial charge is 0.137 e. The van der Waals surface area contributed by atoms with Crippen molar-refractivity contribution in [3.05, 3.63) is 34.1 Å². The molecule has 0 spiro atoms. The molecule has 0 radical (unpaired) electrons. The first kappa shape index (κ1) is 14.0. The van der Waals surface area contributed by atoms with Crippen LogP contribution in [0.5, 0.6) is 0 Å². The van der Waals surface area contributed by atoms with E-state index in [4.69, 9.17) is 0 Å². The molecule has 1 aliphatic carbocycles. The monoisotopic (exact) mass is 313 g/mol. The summed E-state index contributed by atoms with van der Waals surface area (Å²) in [5, 5.41) is 3.55. The van der Waals surface area contributed by atoms with Gasteiger partial charge in [-0.05, 0) is 78.7 Å². The van der Waals surface area contributed by atoms with E-state index in [-0.39, 0.29) is 16.8 Å². The lowest BCUT2D eigenvalue weighted by molar-refractivity contribution is 0.406. The third-order valence-electron chi connectivity index (χ3n) is 3.87. The van der Waals surface area contributed by atoms with Crippen molar-refractivity contribution in [2.24, 2.45) is 5.92 Å². The van der Waals surface area contributed by atoms with Gasteiger partial charge in [0.15, 0.2) is 0 Å². The van der Waals surface area contributed by atoms with E-state index in [1.165, 1.54) is 12.0 Å². The SMILES string of the molecule is CC(C)(C)NCC1CC1(C)c1ccc(F)c(Br)c1. The highest BCUT2D eigenvalue weighted by Gasteiger charge is 2.50. The molecule has 0 bridgehead atoms. The number of benzene rings is 1. The molecule has 0 aliphatic heterocycles. The molecule has 1 N–H and O–H groups in total. The van der Waals surface area contributed by atoms with Gasteiger partial charge in [-0.3, -0.25) is 0 Å². The topological polar surface area (TPSA) is 12.0 Å². The molecule has 2 atom stereocenters. The van der Waals surface area contributed by atoms with Crippen molar-refractivity contribution in [2.45, 2.75) is 45.1 Å². The molecule has 0 amide bonds. The molecule has 1 aromatic carbocycles. The second kappa shape index (κ2) is 4.61. The Kier molecular flexibility index (Phi) is 3.58. The first-order chi connectivity index (χ1) is 8.22. The lowest BCUT2D eigenvalue weighted by atomic mass is 9.95. The zero-order valence-corrected chi connectivity index (χ0v) is 13.1. The van der Waals surface area contributed by atoms with Crippen LogP contribution in [0.4, 0.5) is 4.39 Å². The van der Waals surface area contributed by atoms with Crippen molar-refractivity contribution in [1.82, 2.24) is 5.32 Å². The molecule has 0 heterocycles. The highest BCUT2D eigenvalue weighted by atomic mass is 79.9. The summed E-state index contributed by atoms with van der Waals surface area (Å²) in [5.41, 5.74) is 1.60. The summed E-state index contributed by atoms with van der Waals surface area (Å²) < 4.78 is 13.8. The Balaban J connectivity index is 2.04. The Morgan fingerprint density at radius 2 is 2.11 bits per heavy atom. The average Bonchev–Trinajstić information content (AvgIpc) is 2.91. The second-order valence-electron chi connectivity index (χ2n) is 6.58. The maximum Gasteiger partial charge on any atom is 0.137 e. The maximum atomic E-state index is 13.2. The number of hydrogen-bond acceptors (Lipinski definition) is 1. The van der Waals surface area contributed by atoms with Gasteiger partial charge in [0.05, 0.1) is 4.47 Å². The maximum absolute atomic E-state index is 13.2. The molecular weight excluding hydrogens is 293 g/mol. The highest BCUT2D eigenvalue weighted by Crippen LogP contribution is 2.54. The fourth-order valence-electron chi connectivity index (χ4n) is 2.38. The summed E-state index contributed by atoms with van der Waals surface area (Å²) in [6.45, 7) is 9.83. The van der Waals surface area contributed by atoms with Crippen molar-refractivity contribution in [3.63, 3.8) is 0 Å². The summed E-state index contributed by atoms with van der Waals surface area (Å²) in [6.07, 6.45) is 1.17. The molecule has 3 heteroatoms. The van der Waals surface area contributed by atoms with Crippen molar-refractivity contribution in [1.29, 1.82) is 0 Å². The second-order valence-corrected chi connectivity index (χ2v) is 7.43. The molecule has 2 unspecified atom stereocenters. The predicted molar refractivity (Wildman–Crippen MR) is 77.3 cm³/mol. The summed E-state index contributed by atoms with van der Waals surface area (Å²) in [5.74, 6) is 0.460. The van der Waals surface area contributed by atoms with E-state index in [0.29, 0.717) is 10.4 Å². The van der Waals surface area contributed by atoms with Gasteiger partial charge in [-0.15, -0.1) is 0 Å². The number of hydrogen-bond donors (Lipinski definition) is 1. The molecule has 1 nitrogen and oxygen atoms in total. The fourth-order valence-corrected chi connectivity index (χ4v) is 2.76. The molecule has 1 aromatic rings. The van der Waals surface area contributed by atoms with Gasteiger partial charge in [-0.25, -0.2) is 4.39 Å². The Labute approximate surface area is 117 Å². The highest BCUT2D eigenvalue weighted by molar-refractivity contribution is 9.10. The molecule has 0 aromatic heterocycles. The van der Waals surface area contributed by atoms with E-state index in [9.17, 15) is 4.39 Å². The zero-order chi connectivity index (χ0) is 13.6. The number of nitrogens with one attached hydrogen (secondary N) is 1. The van der Waals surface area contributed by atoms with E-state index in [2.05, 4.69) is 48.9 Å². The summed E-state index contributed by atoms with van der Waals surface area (Å²) >= 11 is 3.27. The summed E-state index contributed by atoms with van der Waals surface area (Å²) in [7, 11) is 0.